The van der Waals surface area contributed by atoms with E-state index in [1.54, 1.807) is 0 Å². The molecule has 0 unspecified atom stereocenters. The number of rotatable bonds is 4. The first kappa shape index (κ1) is 14.5. The van der Waals surface area contributed by atoms with Gasteiger partial charge in [-0.25, -0.2) is 9.18 Å². The summed E-state index contributed by atoms with van der Waals surface area (Å²) in [5.41, 5.74) is 1.05. The average Bonchev–Trinajstić information content (AvgIpc) is 2.48. The van der Waals surface area contributed by atoms with Gasteiger partial charge in [0.1, 0.15) is 6.61 Å². The number of carbonyl (C=O) groups is 1. The maximum Gasteiger partial charge on any atom is 0.339 e. The van der Waals surface area contributed by atoms with Crippen LogP contribution < -0.4 is 4.74 Å². The van der Waals surface area contributed by atoms with E-state index in [2.05, 4.69) is 20.7 Å². The Labute approximate surface area is 124 Å². The molecule has 20 heavy (non-hydrogen) atoms. The van der Waals surface area contributed by atoms with Gasteiger partial charge in [-0.2, -0.15) is 0 Å². The number of esters is 1. The fourth-order valence-corrected chi connectivity index (χ4v) is 2.13. The van der Waals surface area contributed by atoms with E-state index < -0.39 is 11.8 Å². The molecule has 0 atom stereocenters. The maximum atomic E-state index is 13.9. The number of carbonyl (C=O) groups excluding carboxylic acids is 1. The van der Waals surface area contributed by atoms with Gasteiger partial charge in [0.15, 0.2) is 11.6 Å². The Morgan fingerprint density at radius 1 is 1.25 bits per heavy atom. The van der Waals surface area contributed by atoms with Crippen LogP contribution in [0.25, 0.3) is 0 Å². The number of benzene rings is 2. The highest BCUT2D eigenvalue weighted by Gasteiger charge is 2.15. The molecule has 0 N–H and O–H groups in total. The Morgan fingerprint density at radius 2 is 1.95 bits per heavy atom. The maximum absolute atomic E-state index is 13.9. The zero-order chi connectivity index (χ0) is 14.5. The minimum atomic E-state index is -0.607. The van der Waals surface area contributed by atoms with Crippen molar-refractivity contribution in [2.24, 2.45) is 0 Å². The summed E-state index contributed by atoms with van der Waals surface area (Å²) in [5, 5.41) is 0. The number of hydrogen-bond donors (Lipinski definition) is 0. The quantitative estimate of drug-likeness (QED) is 0.791. The summed E-state index contributed by atoms with van der Waals surface area (Å²) in [6.07, 6.45) is 0. The van der Waals surface area contributed by atoms with E-state index in [9.17, 15) is 9.18 Å². The van der Waals surface area contributed by atoms with Gasteiger partial charge in [-0.3, -0.25) is 0 Å². The number of halogens is 2. The van der Waals surface area contributed by atoms with Gasteiger partial charge in [-0.05, 0) is 33.6 Å². The van der Waals surface area contributed by atoms with Crippen molar-refractivity contribution in [2.75, 3.05) is 7.11 Å². The molecule has 0 bridgehead atoms. The van der Waals surface area contributed by atoms with Gasteiger partial charge >= 0.3 is 5.97 Å². The van der Waals surface area contributed by atoms with Crippen LogP contribution in [0.1, 0.15) is 15.9 Å². The van der Waals surface area contributed by atoms with Gasteiger partial charge in [0, 0.05) is 4.47 Å². The lowest BCUT2D eigenvalue weighted by atomic mass is 10.2. The zero-order valence-corrected chi connectivity index (χ0v) is 12.3. The van der Waals surface area contributed by atoms with E-state index in [0.29, 0.717) is 4.47 Å². The summed E-state index contributed by atoms with van der Waals surface area (Å²) < 4.78 is 24.3. The lowest BCUT2D eigenvalue weighted by Crippen LogP contribution is -2.05. The molecule has 0 fully saturated rings. The summed E-state index contributed by atoms with van der Waals surface area (Å²) in [6, 6.07) is 11.9. The molecule has 0 spiro atoms. The molecular weight excluding hydrogens is 327 g/mol. The molecule has 5 heteroatoms. The zero-order valence-electron chi connectivity index (χ0n) is 10.7. The smallest absolute Gasteiger partial charge is 0.339 e. The highest BCUT2D eigenvalue weighted by atomic mass is 79.9. The molecule has 0 aliphatic carbocycles. The van der Waals surface area contributed by atoms with Crippen molar-refractivity contribution in [3.05, 3.63) is 63.9 Å². The molecule has 0 heterocycles. The highest BCUT2D eigenvalue weighted by Crippen LogP contribution is 2.27. The Bertz CT molecular complexity index is 614. The van der Waals surface area contributed by atoms with Gasteiger partial charge in [0.25, 0.3) is 0 Å². The van der Waals surface area contributed by atoms with E-state index >= 15 is 0 Å². The van der Waals surface area contributed by atoms with Crippen LogP contribution in [-0.2, 0) is 11.3 Å². The second kappa shape index (κ2) is 6.52. The average molecular weight is 339 g/mol. The molecule has 2 aromatic carbocycles. The molecule has 2 rings (SSSR count). The standard InChI is InChI=1S/C15H12BrFO3/c1-19-15(18)11-7-13(17)14(8-12(11)16)20-9-10-5-3-2-4-6-10/h2-8H,9H2,1H3. The summed E-state index contributed by atoms with van der Waals surface area (Å²) in [4.78, 5) is 11.4. The van der Waals surface area contributed by atoms with Crippen LogP contribution in [0.2, 0.25) is 0 Å². The topological polar surface area (TPSA) is 35.5 Å². The first-order chi connectivity index (χ1) is 9.61. The summed E-state index contributed by atoms with van der Waals surface area (Å²) >= 11 is 3.20. The van der Waals surface area contributed by atoms with E-state index in [1.165, 1.54) is 13.2 Å². The normalized spacial score (nSPS) is 10.2. The lowest BCUT2D eigenvalue weighted by Gasteiger charge is -2.10. The molecule has 0 aliphatic heterocycles. The molecule has 3 nitrogen and oxygen atoms in total. The van der Waals surface area contributed by atoms with Crippen LogP contribution in [-0.4, -0.2) is 13.1 Å². The van der Waals surface area contributed by atoms with Crippen molar-refractivity contribution in [1.82, 2.24) is 0 Å². The SMILES string of the molecule is COC(=O)c1cc(F)c(OCc2ccccc2)cc1Br. The number of methoxy groups -OCH3 is 1. The first-order valence-corrected chi connectivity index (χ1v) is 6.65. The van der Waals surface area contributed by atoms with Crippen molar-refractivity contribution < 1.29 is 18.7 Å². The van der Waals surface area contributed by atoms with Crippen molar-refractivity contribution in [1.29, 1.82) is 0 Å². The van der Waals surface area contributed by atoms with E-state index in [4.69, 9.17) is 4.74 Å². The van der Waals surface area contributed by atoms with Crippen LogP contribution in [0.3, 0.4) is 0 Å². The monoisotopic (exact) mass is 338 g/mol. The number of ether oxygens (including phenoxy) is 2. The number of hydrogen-bond acceptors (Lipinski definition) is 3. The third-order valence-electron chi connectivity index (χ3n) is 2.66. The molecule has 2 aromatic rings. The largest absolute Gasteiger partial charge is 0.486 e. The van der Waals surface area contributed by atoms with Crippen molar-refractivity contribution in [3.8, 4) is 5.75 Å². The third-order valence-corrected chi connectivity index (χ3v) is 3.32. The van der Waals surface area contributed by atoms with Crippen LogP contribution in [0.4, 0.5) is 4.39 Å². The third kappa shape index (κ3) is 3.36. The van der Waals surface area contributed by atoms with E-state index in [-0.39, 0.29) is 17.9 Å². The molecule has 0 saturated carbocycles. The second-order valence-corrected chi connectivity index (χ2v) is 4.88. The fraction of sp³-hybridized carbons (Fsp3) is 0.133. The molecule has 104 valence electrons. The van der Waals surface area contributed by atoms with Crippen LogP contribution in [0.5, 0.6) is 5.75 Å². The Hall–Kier alpha value is -1.88. The minimum absolute atomic E-state index is 0.0772. The van der Waals surface area contributed by atoms with Crippen molar-refractivity contribution in [2.45, 2.75) is 6.61 Å². The lowest BCUT2D eigenvalue weighted by molar-refractivity contribution is 0.0599. The molecule has 0 radical (unpaired) electrons. The Balaban J connectivity index is 2.17. The van der Waals surface area contributed by atoms with Gasteiger partial charge < -0.3 is 9.47 Å². The fourth-order valence-electron chi connectivity index (χ4n) is 1.64. The van der Waals surface area contributed by atoms with Crippen molar-refractivity contribution >= 4 is 21.9 Å². The Morgan fingerprint density at radius 3 is 2.60 bits per heavy atom. The summed E-state index contributed by atoms with van der Waals surface area (Å²) in [6.45, 7) is 0.252. The van der Waals surface area contributed by atoms with E-state index in [0.717, 1.165) is 11.6 Å². The predicted molar refractivity (Wildman–Crippen MR) is 76.2 cm³/mol. The predicted octanol–water partition coefficient (Wildman–Crippen LogP) is 3.95. The summed E-state index contributed by atoms with van der Waals surface area (Å²) in [7, 11) is 1.24. The molecule has 0 aliphatic rings. The van der Waals surface area contributed by atoms with Crippen LogP contribution >= 0.6 is 15.9 Å². The molecule has 0 aromatic heterocycles. The van der Waals surface area contributed by atoms with Gasteiger partial charge in [0.2, 0.25) is 0 Å². The van der Waals surface area contributed by atoms with Crippen LogP contribution in [0.15, 0.2) is 46.9 Å². The van der Waals surface area contributed by atoms with Gasteiger partial charge in [0.05, 0.1) is 12.7 Å². The van der Waals surface area contributed by atoms with Gasteiger partial charge in [-0.1, -0.05) is 30.3 Å². The second-order valence-electron chi connectivity index (χ2n) is 4.03. The molecule has 0 amide bonds. The Kier molecular flexibility index (Phi) is 4.74. The first-order valence-electron chi connectivity index (χ1n) is 5.86. The molecule has 0 saturated heterocycles. The minimum Gasteiger partial charge on any atom is -0.486 e. The highest BCUT2D eigenvalue weighted by molar-refractivity contribution is 9.10. The van der Waals surface area contributed by atoms with Gasteiger partial charge in [-0.15, -0.1) is 0 Å². The summed E-state index contributed by atoms with van der Waals surface area (Å²) in [5.74, 6) is -1.14. The molecular formula is C15H12BrFO3. The van der Waals surface area contributed by atoms with E-state index in [1.807, 2.05) is 30.3 Å². The van der Waals surface area contributed by atoms with Crippen LogP contribution in [0, 0.1) is 5.82 Å². The van der Waals surface area contributed by atoms with Crippen molar-refractivity contribution in [3.63, 3.8) is 0 Å².